The van der Waals surface area contributed by atoms with Gasteiger partial charge in [-0.05, 0) is 24.6 Å². The SMILES string of the molecule is CC(=O)C1=C(N)C2=C(C1)NC1=C(C(=O)c3ccccc31)C2c1ccc(Cl)cc1. The molecule has 2 aromatic carbocycles. The van der Waals surface area contributed by atoms with Crippen molar-refractivity contribution in [2.45, 2.75) is 19.3 Å². The van der Waals surface area contributed by atoms with Crippen LogP contribution in [-0.2, 0) is 4.79 Å². The van der Waals surface area contributed by atoms with Crippen molar-refractivity contribution in [3.63, 3.8) is 0 Å². The highest BCUT2D eigenvalue weighted by atomic mass is 35.5. The summed E-state index contributed by atoms with van der Waals surface area (Å²) in [7, 11) is 0. The van der Waals surface area contributed by atoms with Gasteiger partial charge in [-0.15, -0.1) is 0 Å². The van der Waals surface area contributed by atoms with E-state index in [2.05, 4.69) is 5.32 Å². The lowest BCUT2D eigenvalue weighted by Crippen LogP contribution is -2.26. The molecule has 2 aliphatic carbocycles. The fourth-order valence-electron chi connectivity index (χ4n) is 4.44. The number of carbonyl (C=O) groups excluding carboxylic acids is 2. The van der Waals surface area contributed by atoms with Gasteiger partial charge in [0.2, 0.25) is 0 Å². The lowest BCUT2D eigenvalue weighted by atomic mass is 9.79. The van der Waals surface area contributed by atoms with Crippen molar-refractivity contribution < 1.29 is 9.59 Å². The van der Waals surface area contributed by atoms with Gasteiger partial charge in [-0.3, -0.25) is 9.59 Å². The molecule has 1 atom stereocenters. The average molecular weight is 389 g/mol. The molecule has 0 aromatic heterocycles. The first-order valence-corrected chi connectivity index (χ1v) is 9.49. The zero-order valence-electron chi connectivity index (χ0n) is 15.2. The number of hydrogen-bond donors (Lipinski definition) is 2. The number of halogens is 1. The largest absolute Gasteiger partial charge is 0.398 e. The van der Waals surface area contributed by atoms with Crippen molar-refractivity contribution >= 4 is 28.9 Å². The Bertz CT molecular complexity index is 1170. The molecule has 0 saturated heterocycles. The number of rotatable bonds is 2. The predicted octanol–water partition coefficient (Wildman–Crippen LogP) is 4.09. The predicted molar refractivity (Wildman–Crippen MR) is 109 cm³/mol. The maximum absolute atomic E-state index is 13.3. The Hall–Kier alpha value is -3.11. The molecule has 5 heteroatoms. The molecule has 0 spiro atoms. The summed E-state index contributed by atoms with van der Waals surface area (Å²) < 4.78 is 0. The van der Waals surface area contributed by atoms with Gasteiger partial charge < -0.3 is 11.1 Å². The van der Waals surface area contributed by atoms with Crippen LogP contribution in [0.1, 0.15) is 40.7 Å². The molecular weight excluding hydrogens is 372 g/mol. The number of ketones is 2. The van der Waals surface area contributed by atoms with Crippen LogP contribution in [0.15, 0.2) is 76.6 Å². The molecule has 5 rings (SSSR count). The van der Waals surface area contributed by atoms with E-state index in [1.807, 2.05) is 48.5 Å². The maximum Gasteiger partial charge on any atom is 0.192 e. The molecule has 1 unspecified atom stereocenters. The van der Waals surface area contributed by atoms with E-state index in [9.17, 15) is 9.59 Å². The third-order valence-corrected chi connectivity index (χ3v) is 5.98. The molecule has 0 radical (unpaired) electrons. The van der Waals surface area contributed by atoms with Gasteiger partial charge in [0.1, 0.15) is 0 Å². The summed E-state index contributed by atoms with van der Waals surface area (Å²) >= 11 is 6.09. The van der Waals surface area contributed by atoms with Crippen LogP contribution in [0.2, 0.25) is 5.02 Å². The maximum atomic E-state index is 13.3. The van der Waals surface area contributed by atoms with E-state index in [-0.39, 0.29) is 17.5 Å². The second kappa shape index (κ2) is 5.94. The number of hydrogen-bond acceptors (Lipinski definition) is 4. The van der Waals surface area contributed by atoms with E-state index in [1.165, 1.54) is 6.92 Å². The highest BCUT2D eigenvalue weighted by molar-refractivity contribution is 6.30. The van der Waals surface area contributed by atoms with Crippen LogP contribution in [0, 0.1) is 0 Å². The lowest BCUT2D eigenvalue weighted by molar-refractivity contribution is -0.113. The van der Waals surface area contributed by atoms with Gasteiger partial charge in [0.25, 0.3) is 0 Å². The molecular formula is C23H17ClN2O2. The van der Waals surface area contributed by atoms with E-state index < -0.39 is 0 Å². The number of allylic oxidation sites excluding steroid dienone is 3. The fourth-order valence-corrected chi connectivity index (χ4v) is 4.57. The first kappa shape index (κ1) is 17.0. The minimum absolute atomic E-state index is 0.00586. The van der Waals surface area contributed by atoms with E-state index in [0.29, 0.717) is 33.9 Å². The molecule has 0 amide bonds. The molecule has 138 valence electrons. The number of benzene rings is 2. The van der Waals surface area contributed by atoms with E-state index in [0.717, 1.165) is 28.1 Å². The third-order valence-electron chi connectivity index (χ3n) is 5.73. The third kappa shape index (κ3) is 2.25. The zero-order chi connectivity index (χ0) is 19.6. The Balaban J connectivity index is 1.74. The first-order chi connectivity index (χ1) is 13.5. The summed E-state index contributed by atoms with van der Waals surface area (Å²) in [6, 6.07) is 15.1. The fraction of sp³-hybridized carbons (Fsp3) is 0.130. The van der Waals surface area contributed by atoms with Crippen molar-refractivity contribution in [2.75, 3.05) is 0 Å². The van der Waals surface area contributed by atoms with Gasteiger partial charge in [-0.25, -0.2) is 0 Å². The number of fused-ring (bicyclic) bond motifs is 2. The quantitative estimate of drug-likeness (QED) is 0.812. The molecule has 2 aromatic rings. The van der Waals surface area contributed by atoms with Crippen molar-refractivity contribution in [3.8, 4) is 0 Å². The van der Waals surface area contributed by atoms with Crippen LogP contribution >= 0.6 is 11.6 Å². The molecule has 3 aliphatic rings. The van der Waals surface area contributed by atoms with Gasteiger partial charge >= 0.3 is 0 Å². The van der Waals surface area contributed by atoms with Crippen molar-refractivity contribution in [3.05, 3.63) is 98.4 Å². The number of Topliss-reactive ketones (excluding diaryl/α,β-unsaturated/α-hetero) is 2. The highest BCUT2D eigenvalue weighted by Gasteiger charge is 2.44. The Labute approximate surface area is 167 Å². The highest BCUT2D eigenvalue weighted by Crippen LogP contribution is 2.51. The van der Waals surface area contributed by atoms with Crippen LogP contribution in [-0.4, -0.2) is 11.6 Å². The van der Waals surface area contributed by atoms with E-state index in [1.54, 1.807) is 0 Å². The normalized spacial score (nSPS) is 20.2. The van der Waals surface area contributed by atoms with E-state index in [4.69, 9.17) is 17.3 Å². The van der Waals surface area contributed by atoms with Crippen LogP contribution in [0.5, 0.6) is 0 Å². The van der Waals surface area contributed by atoms with Crippen molar-refractivity contribution in [1.82, 2.24) is 5.32 Å². The molecule has 0 bridgehead atoms. The van der Waals surface area contributed by atoms with Crippen molar-refractivity contribution in [2.24, 2.45) is 5.73 Å². The summed E-state index contributed by atoms with van der Waals surface area (Å²) in [5, 5.41) is 4.06. The molecule has 3 N–H and O–H groups in total. The van der Waals surface area contributed by atoms with Gasteiger partial charge in [-0.1, -0.05) is 48.0 Å². The standard InChI is InChI=1S/C23H17ClN2O2/c1-11(27)16-10-17-19(21(16)25)18(12-6-8-13(24)9-7-12)20-22(26-17)14-4-2-3-5-15(14)23(20)28/h2-9,18,26H,10,25H2,1H3. The van der Waals surface area contributed by atoms with Gasteiger partial charge in [-0.2, -0.15) is 0 Å². The minimum atomic E-state index is -0.333. The van der Waals surface area contributed by atoms with Crippen LogP contribution in [0.4, 0.5) is 0 Å². The van der Waals surface area contributed by atoms with E-state index >= 15 is 0 Å². The summed E-state index contributed by atoms with van der Waals surface area (Å²) in [6.07, 6.45) is 0.452. The second-order valence-corrected chi connectivity index (χ2v) is 7.73. The smallest absolute Gasteiger partial charge is 0.192 e. The second-order valence-electron chi connectivity index (χ2n) is 7.29. The molecule has 0 fully saturated rings. The average Bonchev–Trinajstić information content (AvgIpc) is 3.17. The molecule has 1 heterocycles. The van der Waals surface area contributed by atoms with Crippen LogP contribution in [0.25, 0.3) is 5.70 Å². The zero-order valence-corrected chi connectivity index (χ0v) is 15.9. The summed E-state index contributed by atoms with van der Waals surface area (Å²) in [5.41, 5.74) is 13.2. The molecule has 4 nitrogen and oxygen atoms in total. The van der Waals surface area contributed by atoms with Crippen LogP contribution < -0.4 is 11.1 Å². The number of carbonyl (C=O) groups is 2. The Morgan fingerprint density at radius 1 is 1.07 bits per heavy atom. The summed E-state index contributed by atoms with van der Waals surface area (Å²) in [4.78, 5) is 25.4. The summed E-state index contributed by atoms with van der Waals surface area (Å²) in [5.74, 6) is -0.385. The minimum Gasteiger partial charge on any atom is -0.398 e. The Kier molecular flexibility index (Phi) is 3.61. The number of nitrogens with one attached hydrogen (secondary N) is 1. The van der Waals surface area contributed by atoms with Crippen LogP contribution in [0.3, 0.4) is 0 Å². The molecule has 28 heavy (non-hydrogen) atoms. The number of dihydropyridines is 1. The van der Waals surface area contributed by atoms with Gasteiger partial charge in [0, 0.05) is 56.6 Å². The topological polar surface area (TPSA) is 72.2 Å². The monoisotopic (exact) mass is 388 g/mol. The lowest BCUT2D eigenvalue weighted by Gasteiger charge is -2.29. The molecule has 0 saturated carbocycles. The Morgan fingerprint density at radius 2 is 1.75 bits per heavy atom. The summed E-state index contributed by atoms with van der Waals surface area (Å²) in [6.45, 7) is 1.53. The van der Waals surface area contributed by atoms with Gasteiger partial charge in [0.15, 0.2) is 11.6 Å². The first-order valence-electron chi connectivity index (χ1n) is 9.11. The molecule has 1 aliphatic heterocycles. The van der Waals surface area contributed by atoms with Crippen molar-refractivity contribution in [1.29, 1.82) is 0 Å². The van der Waals surface area contributed by atoms with Gasteiger partial charge in [0.05, 0.1) is 5.70 Å². The number of nitrogens with two attached hydrogens (primary N) is 1. The Morgan fingerprint density at radius 3 is 2.43 bits per heavy atom.